The van der Waals surface area contributed by atoms with Gasteiger partial charge in [0.1, 0.15) is 6.33 Å². The van der Waals surface area contributed by atoms with Crippen LogP contribution in [-0.4, -0.2) is 9.97 Å². The molecule has 2 heteroatoms. The molecule has 0 radical (unpaired) electrons. The third-order valence-corrected chi connectivity index (χ3v) is 1.90. The lowest BCUT2D eigenvalue weighted by Crippen LogP contribution is -1.96. The Balaban J connectivity index is 2.79. The number of nitrogens with zero attached hydrogens (tertiary/aromatic N) is 2. The maximum absolute atomic E-state index is 4.21. The summed E-state index contributed by atoms with van der Waals surface area (Å²) in [5.41, 5.74) is 2.21. The standard InChI is InChI=1S/C11H16N2/c1-4-5-6-10-7-11(9(2)3)13-8-12-10/h4-5,7-9H,6H2,1-3H3. The zero-order valence-electron chi connectivity index (χ0n) is 8.49. The van der Waals surface area contributed by atoms with Crippen molar-refractivity contribution < 1.29 is 0 Å². The lowest BCUT2D eigenvalue weighted by molar-refractivity contribution is 0.805. The van der Waals surface area contributed by atoms with E-state index in [4.69, 9.17) is 0 Å². The van der Waals surface area contributed by atoms with Gasteiger partial charge in [-0.1, -0.05) is 26.0 Å². The smallest absolute Gasteiger partial charge is 0.115 e. The molecule has 70 valence electrons. The third kappa shape index (κ3) is 2.98. The summed E-state index contributed by atoms with van der Waals surface area (Å²) in [6.45, 7) is 6.30. The molecule has 0 saturated carbocycles. The van der Waals surface area contributed by atoms with Gasteiger partial charge in [0.05, 0.1) is 0 Å². The summed E-state index contributed by atoms with van der Waals surface area (Å²) in [5, 5.41) is 0. The van der Waals surface area contributed by atoms with Gasteiger partial charge in [0.15, 0.2) is 0 Å². The van der Waals surface area contributed by atoms with Gasteiger partial charge in [-0.2, -0.15) is 0 Å². The second kappa shape index (κ2) is 4.75. The van der Waals surface area contributed by atoms with Crippen LogP contribution in [0.2, 0.25) is 0 Å². The number of rotatable bonds is 3. The van der Waals surface area contributed by atoms with Crippen LogP contribution in [0, 0.1) is 0 Å². The summed E-state index contributed by atoms with van der Waals surface area (Å²) in [7, 11) is 0. The van der Waals surface area contributed by atoms with Gasteiger partial charge in [0, 0.05) is 17.8 Å². The molecule has 0 fully saturated rings. The van der Waals surface area contributed by atoms with Crippen LogP contribution in [-0.2, 0) is 6.42 Å². The normalized spacial score (nSPS) is 11.4. The number of aromatic nitrogens is 2. The first-order chi connectivity index (χ1) is 6.24. The predicted octanol–water partition coefficient (Wildman–Crippen LogP) is 2.72. The second-order valence-electron chi connectivity index (χ2n) is 3.36. The molecule has 2 nitrogen and oxygen atoms in total. The minimum Gasteiger partial charge on any atom is -0.241 e. The van der Waals surface area contributed by atoms with Crippen LogP contribution in [0.3, 0.4) is 0 Å². The van der Waals surface area contributed by atoms with Gasteiger partial charge in [0.25, 0.3) is 0 Å². The second-order valence-corrected chi connectivity index (χ2v) is 3.36. The van der Waals surface area contributed by atoms with Crippen molar-refractivity contribution in [3.63, 3.8) is 0 Å². The van der Waals surface area contributed by atoms with Crippen molar-refractivity contribution in [2.45, 2.75) is 33.1 Å². The fourth-order valence-electron chi connectivity index (χ4n) is 1.08. The Labute approximate surface area is 79.7 Å². The van der Waals surface area contributed by atoms with E-state index in [1.165, 1.54) is 0 Å². The molecule has 0 bridgehead atoms. The van der Waals surface area contributed by atoms with Crippen molar-refractivity contribution in [3.8, 4) is 0 Å². The highest BCUT2D eigenvalue weighted by molar-refractivity contribution is 5.13. The van der Waals surface area contributed by atoms with Gasteiger partial charge in [0.2, 0.25) is 0 Å². The van der Waals surface area contributed by atoms with Crippen LogP contribution < -0.4 is 0 Å². The molecule has 0 amide bonds. The molecule has 0 aliphatic heterocycles. The number of hydrogen-bond donors (Lipinski definition) is 0. The van der Waals surface area contributed by atoms with E-state index in [1.807, 2.05) is 13.0 Å². The van der Waals surface area contributed by atoms with E-state index in [0.717, 1.165) is 17.8 Å². The average molecular weight is 176 g/mol. The molecule has 1 aromatic rings. The van der Waals surface area contributed by atoms with Crippen molar-refractivity contribution in [3.05, 3.63) is 35.9 Å². The molecule has 1 heterocycles. The van der Waals surface area contributed by atoms with Crippen LogP contribution in [0.25, 0.3) is 0 Å². The Bertz CT molecular complexity index is 290. The van der Waals surface area contributed by atoms with Crippen molar-refractivity contribution in [2.75, 3.05) is 0 Å². The number of allylic oxidation sites excluding steroid dienone is 2. The maximum atomic E-state index is 4.21. The Kier molecular flexibility index (Phi) is 3.62. The van der Waals surface area contributed by atoms with Crippen molar-refractivity contribution in [2.24, 2.45) is 0 Å². The molecule has 1 rings (SSSR count). The van der Waals surface area contributed by atoms with E-state index in [0.29, 0.717) is 5.92 Å². The van der Waals surface area contributed by atoms with Crippen molar-refractivity contribution in [1.82, 2.24) is 9.97 Å². The summed E-state index contributed by atoms with van der Waals surface area (Å²) in [4.78, 5) is 8.41. The number of hydrogen-bond acceptors (Lipinski definition) is 2. The fraction of sp³-hybridized carbons (Fsp3) is 0.455. The van der Waals surface area contributed by atoms with Crippen LogP contribution >= 0.6 is 0 Å². The Hall–Kier alpha value is -1.18. The highest BCUT2D eigenvalue weighted by Gasteiger charge is 2.01. The van der Waals surface area contributed by atoms with Gasteiger partial charge < -0.3 is 0 Å². The molecule has 13 heavy (non-hydrogen) atoms. The van der Waals surface area contributed by atoms with Gasteiger partial charge in [-0.05, 0) is 18.9 Å². The predicted molar refractivity (Wildman–Crippen MR) is 54.6 cm³/mol. The molecule has 0 aliphatic carbocycles. The van der Waals surface area contributed by atoms with Crippen LogP contribution in [0.5, 0.6) is 0 Å². The van der Waals surface area contributed by atoms with Gasteiger partial charge in [-0.3, -0.25) is 0 Å². The van der Waals surface area contributed by atoms with Crippen molar-refractivity contribution >= 4 is 0 Å². The SMILES string of the molecule is CC=CCc1cc(C(C)C)ncn1. The summed E-state index contributed by atoms with van der Waals surface area (Å²) in [6, 6.07) is 2.07. The molecular weight excluding hydrogens is 160 g/mol. The van der Waals surface area contributed by atoms with Crippen LogP contribution in [0.15, 0.2) is 24.5 Å². The van der Waals surface area contributed by atoms with E-state index in [-0.39, 0.29) is 0 Å². The molecule has 0 atom stereocenters. The van der Waals surface area contributed by atoms with E-state index < -0.39 is 0 Å². The quantitative estimate of drug-likeness (QED) is 0.662. The van der Waals surface area contributed by atoms with Crippen LogP contribution in [0.1, 0.15) is 38.1 Å². The zero-order valence-corrected chi connectivity index (χ0v) is 8.49. The first kappa shape index (κ1) is 9.90. The monoisotopic (exact) mass is 176 g/mol. The molecule has 0 aliphatic rings. The molecule has 0 N–H and O–H groups in total. The van der Waals surface area contributed by atoms with Gasteiger partial charge in [-0.25, -0.2) is 9.97 Å². The highest BCUT2D eigenvalue weighted by Crippen LogP contribution is 2.11. The Morgan fingerprint density at radius 1 is 1.38 bits per heavy atom. The first-order valence-corrected chi connectivity index (χ1v) is 4.66. The largest absolute Gasteiger partial charge is 0.241 e. The molecule has 1 aromatic heterocycles. The molecule has 0 aromatic carbocycles. The first-order valence-electron chi connectivity index (χ1n) is 4.66. The van der Waals surface area contributed by atoms with E-state index in [1.54, 1.807) is 6.33 Å². The minimum atomic E-state index is 0.479. The molecule has 0 saturated heterocycles. The fourth-order valence-corrected chi connectivity index (χ4v) is 1.08. The lowest BCUT2D eigenvalue weighted by atomic mass is 10.1. The Morgan fingerprint density at radius 3 is 2.77 bits per heavy atom. The summed E-state index contributed by atoms with van der Waals surface area (Å²) >= 11 is 0. The summed E-state index contributed by atoms with van der Waals surface area (Å²) < 4.78 is 0. The lowest BCUT2D eigenvalue weighted by Gasteiger charge is -2.04. The van der Waals surface area contributed by atoms with Gasteiger partial charge >= 0.3 is 0 Å². The Morgan fingerprint density at radius 2 is 2.15 bits per heavy atom. The van der Waals surface area contributed by atoms with Gasteiger partial charge in [-0.15, -0.1) is 0 Å². The molecular formula is C11H16N2. The third-order valence-electron chi connectivity index (χ3n) is 1.90. The highest BCUT2D eigenvalue weighted by atomic mass is 14.8. The van der Waals surface area contributed by atoms with E-state index >= 15 is 0 Å². The van der Waals surface area contributed by atoms with Crippen LogP contribution in [0.4, 0.5) is 0 Å². The maximum Gasteiger partial charge on any atom is 0.115 e. The minimum absolute atomic E-state index is 0.479. The molecule has 0 unspecified atom stereocenters. The average Bonchev–Trinajstić information content (AvgIpc) is 2.15. The zero-order chi connectivity index (χ0) is 9.68. The van der Waals surface area contributed by atoms with E-state index in [9.17, 15) is 0 Å². The molecule has 0 spiro atoms. The summed E-state index contributed by atoms with van der Waals surface area (Å²) in [6.07, 6.45) is 6.69. The topological polar surface area (TPSA) is 25.8 Å². The van der Waals surface area contributed by atoms with E-state index in [2.05, 4.69) is 36.0 Å². The summed E-state index contributed by atoms with van der Waals surface area (Å²) in [5.74, 6) is 0.479. The van der Waals surface area contributed by atoms with Crippen molar-refractivity contribution in [1.29, 1.82) is 0 Å².